The summed E-state index contributed by atoms with van der Waals surface area (Å²) in [5.74, 6) is -2.61. The third-order valence-corrected chi connectivity index (χ3v) is 5.40. The van der Waals surface area contributed by atoms with Crippen molar-refractivity contribution in [1.82, 2.24) is 0 Å². The Hall–Kier alpha value is -0.735. The summed E-state index contributed by atoms with van der Waals surface area (Å²) in [4.78, 5) is 21.0. The number of halogens is 3. The topological polar surface area (TPSA) is 83.8 Å². The minimum atomic E-state index is -5.08. The molecule has 2 N–H and O–H groups in total. The van der Waals surface area contributed by atoms with Gasteiger partial charge < -0.3 is 5.11 Å². The molecule has 0 radical (unpaired) electrons. The molecule has 1 rings (SSSR count). The first-order valence-electron chi connectivity index (χ1n) is 7.18. The zero-order valence-corrected chi connectivity index (χ0v) is 19.4. The fourth-order valence-corrected chi connectivity index (χ4v) is 4.67. The van der Waals surface area contributed by atoms with Crippen molar-refractivity contribution >= 4 is 11.8 Å². The minimum Gasteiger partial charge on any atom is -0.475 e. The Bertz CT molecular complexity index is 540. The van der Waals surface area contributed by atoms with Crippen LogP contribution in [-0.2, 0) is 40.4 Å². The first-order valence-corrected chi connectivity index (χ1v) is 10.4. The van der Waals surface area contributed by atoms with Crippen molar-refractivity contribution in [2.24, 2.45) is 0 Å². The van der Waals surface area contributed by atoms with Gasteiger partial charge in [-0.25, -0.2) is 4.79 Å². The number of ketones is 1. The van der Waals surface area contributed by atoms with Crippen molar-refractivity contribution in [3.05, 3.63) is 20.3 Å². The van der Waals surface area contributed by atoms with E-state index in [1.807, 2.05) is 17.4 Å². The average molecular weight is 538 g/mol. The van der Waals surface area contributed by atoms with E-state index in [0.29, 0.717) is 26.1 Å². The number of hydrogen-bond acceptors (Lipinski definition) is 4. The molecule has 0 heterocycles. The van der Waals surface area contributed by atoms with Gasteiger partial charge in [0.05, 0.1) is 0 Å². The number of hydrogen-bond donors (Lipinski definition) is 2. The number of Topliss-reactive ketones (excluding diaryl/α,β-unsaturated/α-hetero) is 1. The number of aliphatic hydroxyl groups excluding tert-OH is 1. The Morgan fingerprint density at radius 3 is 2.21 bits per heavy atom. The van der Waals surface area contributed by atoms with Gasteiger partial charge in [0.2, 0.25) is 0 Å². The van der Waals surface area contributed by atoms with Gasteiger partial charge in [-0.05, 0) is 0 Å². The number of aliphatic carboxylic acids is 1. The molecule has 9 heteroatoms. The van der Waals surface area contributed by atoms with Crippen molar-refractivity contribution in [3.63, 3.8) is 0 Å². The number of allylic oxidation sites excluding steroid dienone is 1. The van der Waals surface area contributed by atoms with Crippen molar-refractivity contribution in [2.45, 2.75) is 44.9 Å². The van der Waals surface area contributed by atoms with Crippen molar-refractivity contribution in [1.29, 1.82) is 0 Å². The van der Waals surface area contributed by atoms with Gasteiger partial charge in [0.15, 0.2) is 0 Å². The van der Waals surface area contributed by atoms with Gasteiger partial charge >= 0.3 is 131 Å². The van der Waals surface area contributed by atoms with E-state index in [4.69, 9.17) is 19.7 Å². The Kier molecular flexibility index (Phi) is 9.38. The number of unbranched alkanes of at least 4 members (excludes halogenated alkanes) is 1. The van der Waals surface area contributed by atoms with Crippen LogP contribution in [0, 0.1) is 0 Å². The van der Waals surface area contributed by atoms with Crippen LogP contribution in [0.1, 0.15) is 33.1 Å². The van der Waals surface area contributed by atoms with E-state index in [0.717, 1.165) is 36.0 Å². The predicted molar refractivity (Wildman–Crippen MR) is 75.8 cm³/mol. The van der Waals surface area contributed by atoms with Crippen LogP contribution < -0.4 is 0 Å². The van der Waals surface area contributed by atoms with Crippen molar-refractivity contribution < 1.29 is 63.8 Å². The summed E-state index contributed by atoms with van der Waals surface area (Å²) in [5, 5.41) is 16.0. The second kappa shape index (κ2) is 9.67. The number of carboxylic acids is 1. The Labute approximate surface area is 154 Å². The Morgan fingerprint density at radius 1 is 1.38 bits per heavy atom. The molecule has 0 aromatic heterocycles. The van der Waals surface area contributed by atoms with Crippen LogP contribution in [0.25, 0.3) is 0 Å². The fourth-order valence-electron chi connectivity index (χ4n) is 2.44. The van der Waals surface area contributed by atoms with E-state index in [2.05, 4.69) is 0 Å². The molecular weight excluding hydrogens is 518 g/mol. The summed E-state index contributed by atoms with van der Waals surface area (Å²) >= 11 is 0.448. The molecular formula is C15H20F3HgO5. The summed E-state index contributed by atoms with van der Waals surface area (Å²) in [6, 6.07) is 0. The monoisotopic (exact) mass is 539 g/mol. The molecule has 5 nitrogen and oxygen atoms in total. The minimum absolute atomic E-state index is 0.142. The molecule has 0 spiro atoms. The molecule has 0 amide bonds. The maximum absolute atomic E-state index is 12.1. The van der Waals surface area contributed by atoms with Crippen molar-refractivity contribution in [3.8, 4) is 0 Å². The van der Waals surface area contributed by atoms with Crippen molar-refractivity contribution in [2.75, 3.05) is 13.7 Å². The third-order valence-electron chi connectivity index (χ3n) is 3.82. The molecule has 0 saturated heterocycles. The third kappa shape index (κ3) is 5.66. The van der Waals surface area contributed by atoms with Crippen LogP contribution in [0.15, 0.2) is 20.3 Å². The number of ether oxygens (including phenoxy) is 1. The first kappa shape index (κ1) is 23.3. The summed E-state index contributed by atoms with van der Waals surface area (Å²) in [5.41, 5.74) is 2.22. The van der Waals surface area contributed by atoms with Gasteiger partial charge in [0.1, 0.15) is 0 Å². The maximum Gasteiger partial charge on any atom is 0.490 e. The smallest absolute Gasteiger partial charge is 0.475 e. The number of aliphatic hydroxyl groups is 1. The molecule has 24 heavy (non-hydrogen) atoms. The summed E-state index contributed by atoms with van der Waals surface area (Å²) < 4.78 is 39.4. The van der Waals surface area contributed by atoms with Gasteiger partial charge in [-0.2, -0.15) is 13.2 Å². The number of alkyl halides is 3. The van der Waals surface area contributed by atoms with Gasteiger partial charge in [0.25, 0.3) is 0 Å². The van der Waals surface area contributed by atoms with E-state index < -0.39 is 17.7 Å². The van der Waals surface area contributed by atoms with Crippen LogP contribution in [0.3, 0.4) is 0 Å². The van der Waals surface area contributed by atoms with Gasteiger partial charge in [-0.1, -0.05) is 0 Å². The zero-order valence-electron chi connectivity index (χ0n) is 13.9. The van der Waals surface area contributed by atoms with E-state index in [-0.39, 0.29) is 12.4 Å². The second-order valence-corrected chi connectivity index (χ2v) is 6.86. The first-order chi connectivity index (χ1) is 11.0. The molecule has 0 aromatic rings. The van der Waals surface area contributed by atoms with Crippen LogP contribution >= 0.6 is 0 Å². The summed E-state index contributed by atoms with van der Waals surface area (Å²) in [6.45, 7) is 4.07. The molecule has 0 fully saturated rings. The molecule has 1 aliphatic rings. The van der Waals surface area contributed by atoms with Crippen LogP contribution in [0.5, 0.6) is 0 Å². The number of carbonyl (C=O) groups excluding carboxylic acids is 1. The molecule has 133 valence electrons. The van der Waals surface area contributed by atoms with E-state index >= 15 is 0 Å². The normalized spacial score (nSPS) is 22.7. The molecule has 0 saturated carbocycles. The average Bonchev–Trinajstić information content (AvgIpc) is 2.68. The summed E-state index contributed by atoms with van der Waals surface area (Å²) in [7, 11) is 1.66. The maximum atomic E-state index is 12.1. The summed E-state index contributed by atoms with van der Waals surface area (Å²) in [6.07, 6.45) is -2.59. The Morgan fingerprint density at radius 2 is 1.88 bits per heavy atom. The van der Waals surface area contributed by atoms with Crippen LogP contribution in [0.2, 0.25) is 0 Å². The number of rotatable bonds is 5. The molecule has 1 aliphatic carbocycles. The fraction of sp³-hybridized carbons (Fsp3) is 0.600. The van der Waals surface area contributed by atoms with E-state index in [1.165, 1.54) is 0 Å². The zero-order chi connectivity index (χ0) is 19.1. The number of methoxy groups -OCH3 is 1. The number of carboxylic acid groups (broad SMARTS) is 1. The Balaban J connectivity index is 0.000000640. The molecule has 1 unspecified atom stereocenters. The molecule has 0 aromatic carbocycles. The largest absolute Gasteiger partial charge is 0.490 e. The number of carbonyl (C=O) groups is 2. The van der Waals surface area contributed by atoms with Crippen LogP contribution in [-0.4, -0.2) is 47.5 Å². The van der Waals surface area contributed by atoms with Gasteiger partial charge in [-0.15, -0.1) is 0 Å². The molecule has 1 atom stereocenters. The van der Waals surface area contributed by atoms with E-state index in [9.17, 15) is 18.0 Å². The standard InChI is InChI=1S/C13H19O3.C2HF3O2.Hg/c1-9-11(7-5-6-8-14)13(3,16-4)10(2)12(9)15;3-2(4,5)1(6)7;/h2,14H,5-8H2,1,3-4H3;(H,6,7);. The van der Waals surface area contributed by atoms with Crippen LogP contribution in [0.4, 0.5) is 13.2 Å². The molecule has 0 bridgehead atoms. The van der Waals surface area contributed by atoms with Gasteiger partial charge in [-0.3, -0.25) is 0 Å². The molecule has 0 aliphatic heterocycles. The quantitative estimate of drug-likeness (QED) is 0.320. The SMILES string of the molecule is COC1(C)C(CCCCO)=C(C)C(=O)/C1=[CH]\[Hg].O=C(O)C(F)(F)F. The van der Waals surface area contributed by atoms with E-state index in [1.54, 1.807) is 7.11 Å². The second-order valence-electron chi connectivity index (χ2n) is 5.27. The predicted octanol–water partition coefficient (Wildman–Crippen LogP) is 2.52. The van der Waals surface area contributed by atoms with Gasteiger partial charge in [0, 0.05) is 0 Å².